The molecule has 0 saturated carbocycles. The Balaban J connectivity index is 1.63. The number of hydrogen-bond donors (Lipinski definition) is 2. The number of nitrogens with zero attached hydrogens (tertiary/aromatic N) is 2. The van der Waals surface area contributed by atoms with Gasteiger partial charge in [-0.15, -0.1) is 0 Å². The minimum atomic E-state index is 0.185. The Bertz CT molecular complexity index is 674. The highest BCUT2D eigenvalue weighted by Gasteiger charge is 2.30. The summed E-state index contributed by atoms with van der Waals surface area (Å²) in [6, 6.07) is 8.54. The van der Waals surface area contributed by atoms with Gasteiger partial charge in [0.2, 0.25) is 0 Å². The van der Waals surface area contributed by atoms with Crippen molar-refractivity contribution in [2.45, 2.75) is 38.3 Å². The van der Waals surface area contributed by atoms with Crippen molar-refractivity contribution >= 4 is 10.9 Å². The summed E-state index contributed by atoms with van der Waals surface area (Å²) in [4.78, 5) is 8.74. The van der Waals surface area contributed by atoms with Crippen LogP contribution in [-0.2, 0) is 6.42 Å². The molecule has 1 saturated heterocycles. The second kappa shape index (κ2) is 6.27. The van der Waals surface area contributed by atoms with Crippen molar-refractivity contribution in [1.82, 2.24) is 14.8 Å². The number of aliphatic hydroxyl groups is 1. The Morgan fingerprint density at radius 3 is 2.74 bits per heavy atom. The van der Waals surface area contributed by atoms with E-state index in [0.29, 0.717) is 6.17 Å². The molecule has 124 valence electrons. The van der Waals surface area contributed by atoms with E-state index in [9.17, 15) is 5.11 Å². The molecule has 0 bridgehead atoms. The van der Waals surface area contributed by atoms with Gasteiger partial charge in [-0.25, -0.2) is 0 Å². The van der Waals surface area contributed by atoms with Gasteiger partial charge in [0.05, 0.1) is 12.8 Å². The summed E-state index contributed by atoms with van der Waals surface area (Å²) in [6.45, 7) is 6.99. The summed E-state index contributed by atoms with van der Waals surface area (Å²) in [6.07, 6.45) is 4.19. The molecule has 4 nitrogen and oxygen atoms in total. The number of fused-ring (bicyclic) bond motifs is 3. The topological polar surface area (TPSA) is 42.5 Å². The molecule has 0 aliphatic carbocycles. The van der Waals surface area contributed by atoms with Crippen LogP contribution in [0, 0.1) is 0 Å². The predicted molar refractivity (Wildman–Crippen MR) is 93.7 cm³/mol. The van der Waals surface area contributed by atoms with Crippen LogP contribution in [0.15, 0.2) is 24.3 Å². The van der Waals surface area contributed by atoms with Crippen LogP contribution in [0.1, 0.15) is 36.9 Å². The fourth-order valence-electron chi connectivity index (χ4n) is 4.39. The number of aromatic amines is 1. The van der Waals surface area contributed by atoms with Crippen molar-refractivity contribution in [3.8, 4) is 0 Å². The first kappa shape index (κ1) is 15.2. The van der Waals surface area contributed by atoms with E-state index in [-0.39, 0.29) is 12.5 Å². The maximum absolute atomic E-state index is 9.99. The van der Waals surface area contributed by atoms with Crippen LogP contribution in [0.5, 0.6) is 0 Å². The Morgan fingerprint density at radius 1 is 1.17 bits per heavy atom. The van der Waals surface area contributed by atoms with E-state index < -0.39 is 0 Å². The fraction of sp³-hybridized carbons (Fsp3) is 0.579. The van der Waals surface area contributed by atoms with Gasteiger partial charge in [0, 0.05) is 35.6 Å². The number of para-hydroxylation sites is 1. The Labute approximate surface area is 138 Å². The van der Waals surface area contributed by atoms with E-state index in [1.54, 1.807) is 0 Å². The lowest BCUT2D eigenvalue weighted by Crippen LogP contribution is -2.47. The molecule has 1 fully saturated rings. The monoisotopic (exact) mass is 313 g/mol. The molecular weight excluding hydrogens is 286 g/mol. The summed E-state index contributed by atoms with van der Waals surface area (Å²) in [7, 11) is 0. The standard InChI is InChI=1S/C19H27N3O/c1-14(21-9-4-5-10-21)22-11-8-17-16-6-2-3-7-18(16)20-19(17)15(12-22)13-23/h2-3,6-7,14-15,20,23H,4-5,8-13H2,1H3. The van der Waals surface area contributed by atoms with Crippen LogP contribution in [0.25, 0.3) is 10.9 Å². The molecule has 23 heavy (non-hydrogen) atoms. The van der Waals surface area contributed by atoms with E-state index in [4.69, 9.17) is 0 Å². The highest BCUT2D eigenvalue weighted by atomic mass is 16.3. The molecule has 1 aromatic carbocycles. The lowest BCUT2D eigenvalue weighted by atomic mass is 10.0. The zero-order valence-electron chi connectivity index (χ0n) is 14.0. The smallest absolute Gasteiger partial charge is 0.0593 e. The molecule has 2 unspecified atom stereocenters. The Kier molecular flexibility index (Phi) is 4.14. The number of rotatable bonds is 3. The van der Waals surface area contributed by atoms with Gasteiger partial charge in [-0.05, 0) is 50.9 Å². The molecule has 0 amide bonds. The summed E-state index contributed by atoms with van der Waals surface area (Å²) in [5.74, 6) is 0.185. The van der Waals surface area contributed by atoms with Gasteiger partial charge >= 0.3 is 0 Å². The summed E-state index contributed by atoms with van der Waals surface area (Å²) in [5, 5.41) is 11.3. The van der Waals surface area contributed by atoms with E-state index in [1.165, 1.54) is 48.1 Å². The number of nitrogens with one attached hydrogen (secondary N) is 1. The normalized spacial score (nSPS) is 24.7. The van der Waals surface area contributed by atoms with Crippen molar-refractivity contribution in [3.63, 3.8) is 0 Å². The molecule has 0 radical (unpaired) electrons. The van der Waals surface area contributed by atoms with E-state index >= 15 is 0 Å². The average molecular weight is 313 g/mol. The first-order valence-corrected chi connectivity index (χ1v) is 8.96. The molecule has 4 heteroatoms. The third-order valence-electron chi connectivity index (χ3n) is 5.78. The van der Waals surface area contributed by atoms with Crippen LogP contribution in [0.3, 0.4) is 0 Å². The SMILES string of the molecule is CC(N1CCCC1)N1CCc2c([nH]c3ccccc23)C(CO)C1. The Hall–Kier alpha value is -1.36. The van der Waals surface area contributed by atoms with Crippen molar-refractivity contribution < 1.29 is 5.11 Å². The number of aliphatic hydroxyl groups excluding tert-OH is 1. The van der Waals surface area contributed by atoms with Crippen molar-refractivity contribution in [3.05, 3.63) is 35.5 Å². The van der Waals surface area contributed by atoms with Crippen LogP contribution in [-0.4, -0.2) is 58.8 Å². The van der Waals surface area contributed by atoms with E-state index in [0.717, 1.165) is 19.5 Å². The van der Waals surface area contributed by atoms with Crippen LogP contribution in [0.4, 0.5) is 0 Å². The zero-order chi connectivity index (χ0) is 15.8. The van der Waals surface area contributed by atoms with Gasteiger partial charge in [0.15, 0.2) is 0 Å². The molecule has 2 atom stereocenters. The highest BCUT2D eigenvalue weighted by molar-refractivity contribution is 5.85. The zero-order valence-corrected chi connectivity index (χ0v) is 14.0. The maximum Gasteiger partial charge on any atom is 0.0593 e. The Morgan fingerprint density at radius 2 is 1.96 bits per heavy atom. The second-order valence-corrected chi connectivity index (χ2v) is 7.06. The largest absolute Gasteiger partial charge is 0.396 e. The number of likely N-dealkylation sites (tertiary alicyclic amines) is 1. The minimum Gasteiger partial charge on any atom is -0.396 e. The average Bonchev–Trinajstić information content (AvgIpc) is 3.19. The molecule has 2 aromatic rings. The molecule has 2 aliphatic heterocycles. The lowest BCUT2D eigenvalue weighted by Gasteiger charge is -2.35. The van der Waals surface area contributed by atoms with E-state index in [1.807, 2.05) is 0 Å². The molecular formula is C19H27N3O. The van der Waals surface area contributed by atoms with Crippen LogP contribution in [0.2, 0.25) is 0 Å². The summed E-state index contributed by atoms with van der Waals surface area (Å²) in [5.41, 5.74) is 3.87. The van der Waals surface area contributed by atoms with Gasteiger partial charge in [0.1, 0.15) is 0 Å². The number of H-pyrrole nitrogens is 1. The quantitative estimate of drug-likeness (QED) is 0.915. The second-order valence-electron chi connectivity index (χ2n) is 7.06. The lowest BCUT2D eigenvalue weighted by molar-refractivity contribution is 0.0644. The third-order valence-corrected chi connectivity index (χ3v) is 5.78. The number of hydrogen-bond acceptors (Lipinski definition) is 3. The van der Waals surface area contributed by atoms with Gasteiger partial charge in [-0.3, -0.25) is 9.80 Å². The fourth-order valence-corrected chi connectivity index (χ4v) is 4.39. The number of benzene rings is 1. The van der Waals surface area contributed by atoms with Gasteiger partial charge < -0.3 is 10.1 Å². The van der Waals surface area contributed by atoms with Crippen molar-refractivity contribution in [2.75, 3.05) is 32.8 Å². The molecule has 0 spiro atoms. The predicted octanol–water partition coefficient (Wildman–Crippen LogP) is 2.54. The minimum absolute atomic E-state index is 0.185. The van der Waals surface area contributed by atoms with Crippen LogP contribution >= 0.6 is 0 Å². The third kappa shape index (κ3) is 2.69. The summed E-state index contributed by atoms with van der Waals surface area (Å²) < 4.78 is 0. The van der Waals surface area contributed by atoms with E-state index in [2.05, 4.69) is 46.0 Å². The number of aromatic nitrogens is 1. The summed E-state index contributed by atoms with van der Waals surface area (Å²) >= 11 is 0. The molecule has 1 aromatic heterocycles. The van der Waals surface area contributed by atoms with Gasteiger partial charge in [0.25, 0.3) is 0 Å². The van der Waals surface area contributed by atoms with Crippen molar-refractivity contribution in [2.24, 2.45) is 0 Å². The first-order chi connectivity index (χ1) is 11.3. The van der Waals surface area contributed by atoms with Gasteiger partial charge in [-0.2, -0.15) is 0 Å². The molecule has 2 aliphatic rings. The van der Waals surface area contributed by atoms with Crippen molar-refractivity contribution in [1.29, 1.82) is 0 Å². The molecule has 4 rings (SSSR count). The highest BCUT2D eigenvalue weighted by Crippen LogP contribution is 2.32. The maximum atomic E-state index is 9.99. The van der Waals surface area contributed by atoms with Crippen LogP contribution < -0.4 is 0 Å². The first-order valence-electron chi connectivity index (χ1n) is 8.96. The molecule has 2 N–H and O–H groups in total. The van der Waals surface area contributed by atoms with Gasteiger partial charge in [-0.1, -0.05) is 18.2 Å². The molecule has 3 heterocycles.